The van der Waals surface area contributed by atoms with E-state index >= 15 is 0 Å². The molecule has 3 rings (SSSR count). The molecule has 0 atom stereocenters. The Balaban J connectivity index is 1.68. The van der Waals surface area contributed by atoms with Crippen molar-refractivity contribution in [2.45, 2.75) is 38.8 Å². The number of imidazole rings is 1. The van der Waals surface area contributed by atoms with Crippen LogP contribution in [0.2, 0.25) is 0 Å². The first-order valence-corrected chi connectivity index (χ1v) is 9.59. The normalized spacial score (nSPS) is 11.0. The van der Waals surface area contributed by atoms with Crippen molar-refractivity contribution in [3.63, 3.8) is 0 Å². The second-order valence-electron chi connectivity index (χ2n) is 6.06. The predicted octanol–water partition coefficient (Wildman–Crippen LogP) is 4.73. The van der Waals surface area contributed by atoms with Crippen LogP contribution in [0.25, 0.3) is 11.0 Å². The van der Waals surface area contributed by atoms with Crippen LogP contribution < -0.4 is 5.32 Å². The number of nitrogens with zero attached hydrogens (tertiary/aromatic N) is 1. The summed E-state index contributed by atoms with van der Waals surface area (Å²) in [6, 6.07) is 12.3. The lowest BCUT2D eigenvalue weighted by molar-refractivity contribution is -0.113. The van der Waals surface area contributed by atoms with Crippen LogP contribution in [0.3, 0.4) is 0 Å². The minimum atomic E-state index is -0.00256. The van der Waals surface area contributed by atoms with Gasteiger partial charge in [-0.15, -0.1) is 0 Å². The standard InChI is InChI=1S/C20H23N3OS/c1-4-14-7-6-8-15(5-2)19(14)23-18(24)12-25-20-21-16-10-9-13(3)11-17(16)22-20/h6-11H,4-5,12H2,1-3H3,(H,21,22)(H,23,24). The highest BCUT2D eigenvalue weighted by atomic mass is 32.2. The molecule has 0 fully saturated rings. The first-order chi connectivity index (χ1) is 12.1. The molecule has 0 aliphatic heterocycles. The first-order valence-electron chi connectivity index (χ1n) is 8.60. The Kier molecular flexibility index (Phi) is 5.43. The molecule has 0 spiro atoms. The molecule has 1 amide bonds. The number of rotatable bonds is 6. The van der Waals surface area contributed by atoms with Gasteiger partial charge in [0.05, 0.1) is 16.8 Å². The summed E-state index contributed by atoms with van der Waals surface area (Å²) >= 11 is 1.43. The van der Waals surface area contributed by atoms with Gasteiger partial charge in [-0.25, -0.2) is 4.98 Å². The summed E-state index contributed by atoms with van der Waals surface area (Å²) in [4.78, 5) is 20.2. The molecule has 0 aliphatic carbocycles. The molecule has 2 aromatic carbocycles. The van der Waals surface area contributed by atoms with E-state index in [0.717, 1.165) is 34.7 Å². The van der Waals surface area contributed by atoms with Crippen LogP contribution in [0.1, 0.15) is 30.5 Å². The van der Waals surface area contributed by atoms with Crippen LogP contribution in [0.15, 0.2) is 41.6 Å². The van der Waals surface area contributed by atoms with Crippen molar-refractivity contribution in [3.05, 3.63) is 53.1 Å². The van der Waals surface area contributed by atoms with Crippen LogP contribution in [-0.4, -0.2) is 21.6 Å². The van der Waals surface area contributed by atoms with E-state index < -0.39 is 0 Å². The lowest BCUT2D eigenvalue weighted by Crippen LogP contribution is -2.16. The van der Waals surface area contributed by atoms with E-state index in [-0.39, 0.29) is 5.91 Å². The van der Waals surface area contributed by atoms with Gasteiger partial charge in [0.15, 0.2) is 5.16 Å². The fourth-order valence-electron chi connectivity index (χ4n) is 2.88. The average molecular weight is 353 g/mol. The Hall–Kier alpha value is -2.27. The summed E-state index contributed by atoms with van der Waals surface area (Å²) in [5.41, 5.74) is 6.45. The van der Waals surface area contributed by atoms with E-state index in [1.807, 2.05) is 12.1 Å². The zero-order valence-corrected chi connectivity index (χ0v) is 15.7. The number of hydrogen-bond donors (Lipinski definition) is 2. The number of benzene rings is 2. The predicted molar refractivity (Wildman–Crippen MR) is 105 cm³/mol. The summed E-state index contributed by atoms with van der Waals surface area (Å²) in [6.07, 6.45) is 1.80. The molecule has 130 valence electrons. The molecule has 0 radical (unpaired) electrons. The molecule has 2 N–H and O–H groups in total. The topological polar surface area (TPSA) is 57.8 Å². The van der Waals surface area contributed by atoms with Gasteiger partial charge in [0.25, 0.3) is 0 Å². The molecular formula is C20H23N3OS. The minimum Gasteiger partial charge on any atom is -0.333 e. The number of anilines is 1. The van der Waals surface area contributed by atoms with Gasteiger partial charge in [0.1, 0.15) is 0 Å². The fraction of sp³-hybridized carbons (Fsp3) is 0.300. The zero-order valence-electron chi connectivity index (χ0n) is 14.8. The van der Waals surface area contributed by atoms with Crippen LogP contribution >= 0.6 is 11.8 Å². The fourth-order valence-corrected chi connectivity index (χ4v) is 3.57. The molecule has 0 saturated carbocycles. The molecule has 1 heterocycles. The highest BCUT2D eigenvalue weighted by molar-refractivity contribution is 7.99. The molecule has 0 aliphatic rings. The number of aryl methyl sites for hydroxylation is 3. The number of carbonyl (C=O) groups is 1. The summed E-state index contributed by atoms with van der Waals surface area (Å²) in [5, 5.41) is 3.87. The number of amides is 1. The highest BCUT2D eigenvalue weighted by Crippen LogP contribution is 2.24. The lowest BCUT2D eigenvalue weighted by Gasteiger charge is -2.14. The number of carbonyl (C=O) groups excluding carboxylic acids is 1. The van der Waals surface area contributed by atoms with E-state index in [0.29, 0.717) is 5.75 Å². The number of nitrogens with one attached hydrogen (secondary N) is 2. The second kappa shape index (κ2) is 7.74. The van der Waals surface area contributed by atoms with Crippen LogP contribution in [0.5, 0.6) is 0 Å². The molecule has 5 heteroatoms. The molecule has 0 saturated heterocycles. The quantitative estimate of drug-likeness (QED) is 0.630. The first kappa shape index (κ1) is 17.5. The average Bonchev–Trinajstić information content (AvgIpc) is 3.02. The van der Waals surface area contributed by atoms with E-state index in [9.17, 15) is 4.79 Å². The summed E-state index contributed by atoms with van der Waals surface area (Å²) in [6.45, 7) is 6.27. The summed E-state index contributed by atoms with van der Waals surface area (Å²) < 4.78 is 0. The number of hydrogen-bond acceptors (Lipinski definition) is 3. The van der Waals surface area contributed by atoms with Crippen molar-refractivity contribution in [1.29, 1.82) is 0 Å². The number of aromatic nitrogens is 2. The molecular weight excluding hydrogens is 330 g/mol. The molecule has 0 bridgehead atoms. The Morgan fingerprint density at radius 2 is 1.88 bits per heavy atom. The van der Waals surface area contributed by atoms with Crippen LogP contribution in [-0.2, 0) is 17.6 Å². The Morgan fingerprint density at radius 3 is 2.56 bits per heavy atom. The number of thioether (sulfide) groups is 1. The lowest BCUT2D eigenvalue weighted by atomic mass is 10.0. The summed E-state index contributed by atoms with van der Waals surface area (Å²) in [7, 11) is 0. The van der Waals surface area contributed by atoms with Crippen LogP contribution in [0, 0.1) is 6.92 Å². The van der Waals surface area contributed by atoms with Gasteiger partial charge in [0, 0.05) is 5.69 Å². The maximum Gasteiger partial charge on any atom is 0.234 e. The third-order valence-corrected chi connectivity index (χ3v) is 5.09. The molecule has 25 heavy (non-hydrogen) atoms. The minimum absolute atomic E-state index is 0.00256. The van der Waals surface area contributed by atoms with Crippen molar-refractivity contribution in [3.8, 4) is 0 Å². The maximum absolute atomic E-state index is 12.4. The van der Waals surface area contributed by atoms with Gasteiger partial charge in [-0.1, -0.05) is 49.9 Å². The highest BCUT2D eigenvalue weighted by Gasteiger charge is 2.11. The molecule has 1 aromatic heterocycles. The second-order valence-corrected chi connectivity index (χ2v) is 7.02. The SMILES string of the molecule is CCc1cccc(CC)c1NC(=O)CSc1nc2ccc(C)cc2[nH]1. The van der Waals surface area contributed by atoms with Crippen molar-refractivity contribution >= 4 is 34.4 Å². The monoisotopic (exact) mass is 353 g/mol. The Morgan fingerprint density at radius 1 is 1.16 bits per heavy atom. The van der Waals surface area contributed by atoms with Crippen molar-refractivity contribution in [2.24, 2.45) is 0 Å². The van der Waals surface area contributed by atoms with Crippen molar-refractivity contribution in [1.82, 2.24) is 9.97 Å². The van der Waals surface area contributed by atoms with Crippen LogP contribution in [0.4, 0.5) is 5.69 Å². The molecule has 4 nitrogen and oxygen atoms in total. The molecule has 3 aromatic rings. The van der Waals surface area contributed by atoms with Gasteiger partial charge >= 0.3 is 0 Å². The number of H-pyrrole nitrogens is 1. The van der Waals surface area contributed by atoms with Crippen molar-refractivity contribution in [2.75, 3.05) is 11.1 Å². The maximum atomic E-state index is 12.4. The Labute approximate surface area is 152 Å². The van der Waals surface area contributed by atoms with E-state index in [2.05, 4.69) is 60.3 Å². The number of aromatic amines is 1. The smallest absolute Gasteiger partial charge is 0.234 e. The largest absolute Gasteiger partial charge is 0.333 e. The van der Waals surface area contributed by atoms with E-state index in [4.69, 9.17) is 0 Å². The molecule has 0 unspecified atom stereocenters. The third kappa shape index (κ3) is 4.04. The van der Waals surface area contributed by atoms with Gasteiger partial charge < -0.3 is 10.3 Å². The van der Waals surface area contributed by atoms with Gasteiger partial charge in [-0.3, -0.25) is 4.79 Å². The Bertz CT molecular complexity index is 879. The van der Waals surface area contributed by atoms with Gasteiger partial charge in [0.2, 0.25) is 5.91 Å². The third-order valence-electron chi connectivity index (χ3n) is 4.22. The summed E-state index contributed by atoms with van der Waals surface area (Å²) in [5.74, 6) is 0.331. The van der Waals surface area contributed by atoms with Gasteiger partial charge in [-0.05, 0) is 48.6 Å². The number of fused-ring (bicyclic) bond motifs is 1. The van der Waals surface area contributed by atoms with E-state index in [1.54, 1.807) is 0 Å². The van der Waals surface area contributed by atoms with Gasteiger partial charge in [-0.2, -0.15) is 0 Å². The zero-order chi connectivity index (χ0) is 17.8. The van der Waals surface area contributed by atoms with E-state index in [1.165, 1.54) is 28.5 Å². The number of para-hydroxylation sites is 1. The van der Waals surface area contributed by atoms with Crippen molar-refractivity contribution < 1.29 is 4.79 Å².